The number of pyridine rings is 1. The van der Waals surface area contributed by atoms with E-state index in [0.29, 0.717) is 28.6 Å². The molecular formula is C23H21N3O3. The lowest BCUT2D eigenvalue weighted by atomic mass is 10.1. The van der Waals surface area contributed by atoms with Gasteiger partial charge in [0.1, 0.15) is 28.7 Å². The summed E-state index contributed by atoms with van der Waals surface area (Å²) in [6.07, 6.45) is 1.89. The van der Waals surface area contributed by atoms with Gasteiger partial charge in [0.15, 0.2) is 0 Å². The molecule has 2 aromatic heterocycles. The Morgan fingerprint density at radius 1 is 1.00 bits per heavy atom. The minimum atomic E-state index is -0.287. The maximum Gasteiger partial charge on any atom is 0.260 e. The summed E-state index contributed by atoms with van der Waals surface area (Å²) >= 11 is 0. The first-order valence-electron chi connectivity index (χ1n) is 9.19. The minimum absolute atomic E-state index is 0.287. The highest BCUT2D eigenvalue weighted by Gasteiger charge is 2.20. The number of nitrogens with zero attached hydrogens (tertiary/aromatic N) is 2. The Balaban J connectivity index is 1.82. The summed E-state index contributed by atoms with van der Waals surface area (Å²) in [6, 6.07) is 18.8. The fourth-order valence-electron chi connectivity index (χ4n) is 3.28. The Labute approximate surface area is 168 Å². The summed E-state index contributed by atoms with van der Waals surface area (Å²) in [5, 5.41) is 3.03. The van der Waals surface area contributed by atoms with Crippen molar-refractivity contribution in [1.29, 1.82) is 0 Å². The van der Waals surface area contributed by atoms with Gasteiger partial charge in [-0.15, -0.1) is 0 Å². The van der Waals surface area contributed by atoms with Crippen molar-refractivity contribution in [3.8, 4) is 22.8 Å². The first-order chi connectivity index (χ1) is 14.1. The number of ether oxygens (including phenoxy) is 2. The lowest BCUT2D eigenvalue weighted by molar-refractivity contribution is 0.102. The summed E-state index contributed by atoms with van der Waals surface area (Å²) in [5.41, 5.74) is 3.86. The molecule has 0 aliphatic carbocycles. The van der Waals surface area contributed by atoms with E-state index < -0.39 is 0 Å². The fraction of sp³-hybridized carbons (Fsp3) is 0.130. The SMILES string of the molecule is COc1ccc(C(=O)Nc2c(-c3ccccc3)nc3c(C)cccn23)c(OC)c1. The molecule has 146 valence electrons. The molecule has 2 heterocycles. The van der Waals surface area contributed by atoms with Gasteiger partial charge in [0, 0.05) is 17.8 Å². The van der Waals surface area contributed by atoms with Gasteiger partial charge in [-0.25, -0.2) is 4.98 Å². The van der Waals surface area contributed by atoms with Gasteiger partial charge in [-0.2, -0.15) is 0 Å². The van der Waals surface area contributed by atoms with Crippen molar-refractivity contribution >= 4 is 17.4 Å². The molecule has 0 aliphatic rings. The zero-order valence-corrected chi connectivity index (χ0v) is 16.5. The second-order valence-electron chi connectivity index (χ2n) is 6.58. The first kappa shape index (κ1) is 18.6. The van der Waals surface area contributed by atoms with E-state index in [9.17, 15) is 4.79 Å². The number of carbonyl (C=O) groups excluding carboxylic acids is 1. The van der Waals surface area contributed by atoms with Crippen LogP contribution in [-0.2, 0) is 0 Å². The average molecular weight is 387 g/mol. The zero-order chi connectivity index (χ0) is 20.4. The highest BCUT2D eigenvalue weighted by Crippen LogP contribution is 2.31. The fourth-order valence-corrected chi connectivity index (χ4v) is 3.28. The molecule has 0 aliphatic heterocycles. The molecule has 4 rings (SSSR count). The van der Waals surface area contributed by atoms with Crippen molar-refractivity contribution in [3.05, 3.63) is 78.0 Å². The molecule has 1 amide bonds. The molecule has 4 aromatic rings. The average Bonchev–Trinajstić information content (AvgIpc) is 3.13. The summed E-state index contributed by atoms with van der Waals surface area (Å²) < 4.78 is 12.5. The van der Waals surface area contributed by atoms with Crippen molar-refractivity contribution in [3.63, 3.8) is 0 Å². The number of benzene rings is 2. The van der Waals surface area contributed by atoms with Gasteiger partial charge in [-0.05, 0) is 30.7 Å². The molecule has 0 saturated carbocycles. The van der Waals surface area contributed by atoms with Crippen LogP contribution >= 0.6 is 0 Å². The van der Waals surface area contributed by atoms with E-state index in [0.717, 1.165) is 16.8 Å². The maximum atomic E-state index is 13.1. The summed E-state index contributed by atoms with van der Waals surface area (Å²) in [7, 11) is 3.10. The number of hydrogen-bond donors (Lipinski definition) is 1. The number of imidazole rings is 1. The number of nitrogens with one attached hydrogen (secondary N) is 1. The summed E-state index contributed by atoms with van der Waals surface area (Å²) in [5.74, 6) is 1.38. The normalized spacial score (nSPS) is 10.7. The molecule has 2 aromatic carbocycles. The summed E-state index contributed by atoms with van der Waals surface area (Å²) in [6.45, 7) is 2.00. The molecular weight excluding hydrogens is 366 g/mol. The Morgan fingerprint density at radius 3 is 2.52 bits per heavy atom. The topological polar surface area (TPSA) is 64.9 Å². The molecule has 0 bridgehead atoms. The van der Waals surface area contributed by atoms with Crippen molar-refractivity contribution in [1.82, 2.24) is 9.38 Å². The van der Waals surface area contributed by atoms with Crippen molar-refractivity contribution < 1.29 is 14.3 Å². The van der Waals surface area contributed by atoms with Crippen LogP contribution in [0.1, 0.15) is 15.9 Å². The Morgan fingerprint density at radius 2 is 1.79 bits per heavy atom. The molecule has 29 heavy (non-hydrogen) atoms. The number of carbonyl (C=O) groups is 1. The molecule has 6 nitrogen and oxygen atoms in total. The van der Waals surface area contributed by atoms with Crippen LogP contribution in [0.3, 0.4) is 0 Å². The van der Waals surface area contributed by atoms with Gasteiger partial charge >= 0.3 is 0 Å². The zero-order valence-electron chi connectivity index (χ0n) is 16.5. The molecule has 0 unspecified atom stereocenters. The molecule has 0 spiro atoms. The van der Waals surface area contributed by atoms with Gasteiger partial charge < -0.3 is 14.8 Å². The quantitative estimate of drug-likeness (QED) is 0.544. The van der Waals surface area contributed by atoms with E-state index in [-0.39, 0.29) is 5.91 Å². The number of rotatable bonds is 5. The molecule has 0 saturated heterocycles. The third-order valence-corrected chi connectivity index (χ3v) is 4.78. The second-order valence-corrected chi connectivity index (χ2v) is 6.58. The molecule has 0 fully saturated rings. The van der Waals surface area contributed by atoms with Crippen molar-refractivity contribution in [2.24, 2.45) is 0 Å². The smallest absolute Gasteiger partial charge is 0.260 e. The van der Waals surface area contributed by atoms with E-state index in [4.69, 9.17) is 14.5 Å². The van der Waals surface area contributed by atoms with E-state index in [1.165, 1.54) is 7.11 Å². The molecule has 0 radical (unpaired) electrons. The van der Waals surface area contributed by atoms with Crippen LogP contribution in [0.4, 0.5) is 5.82 Å². The third kappa shape index (κ3) is 3.40. The number of fused-ring (bicyclic) bond motifs is 1. The minimum Gasteiger partial charge on any atom is -0.497 e. The number of methoxy groups -OCH3 is 2. The number of aryl methyl sites for hydroxylation is 1. The number of amides is 1. The van der Waals surface area contributed by atoms with E-state index in [1.807, 2.05) is 60.0 Å². The lowest BCUT2D eigenvalue weighted by Gasteiger charge is -2.12. The monoisotopic (exact) mass is 387 g/mol. The highest BCUT2D eigenvalue weighted by atomic mass is 16.5. The van der Waals surface area contributed by atoms with E-state index in [1.54, 1.807) is 25.3 Å². The van der Waals surface area contributed by atoms with Gasteiger partial charge in [0.05, 0.1) is 19.8 Å². The number of hydrogen-bond acceptors (Lipinski definition) is 4. The Kier molecular flexibility index (Phi) is 4.91. The van der Waals surface area contributed by atoms with E-state index in [2.05, 4.69) is 5.32 Å². The molecule has 1 N–H and O–H groups in total. The van der Waals surface area contributed by atoms with Gasteiger partial charge in [-0.3, -0.25) is 9.20 Å². The van der Waals surface area contributed by atoms with Crippen LogP contribution in [-0.4, -0.2) is 29.5 Å². The standard InChI is InChI=1S/C23H21N3O3/c1-15-8-7-13-26-21(15)24-20(16-9-5-4-6-10-16)22(26)25-23(27)18-12-11-17(28-2)14-19(18)29-3/h4-14H,1-3H3,(H,25,27). The van der Waals surface area contributed by atoms with Crippen LogP contribution in [0.5, 0.6) is 11.5 Å². The van der Waals surface area contributed by atoms with Crippen LogP contribution in [0.2, 0.25) is 0 Å². The second kappa shape index (κ2) is 7.67. The van der Waals surface area contributed by atoms with Crippen LogP contribution in [0, 0.1) is 6.92 Å². The number of anilines is 1. The van der Waals surface area contributed by atoms with Crippen molar-refractivity contribution in [2.45, 2.75) is 6.92 Å². The van der Waals surface area contributed by atoms with Gasteiger partial charge in [0.2, 0.25) is 0 Å². The van der Waals surface area contributed by atoms with Crippen molar-refractivity contribution in [2.75, 3.05) is 19.5 Å². The third-order valence-electron chi connectivity index (χ3n) is 4.78. The van der Waals surface area contributed by atoms with E-state index >= 15 is 0 Å². The van der Waals surface area contributed by atoms with Crippen LogP contribution < -0.4 is 14.8 Å². The first-order valence-corrected chi connectivity index (χ1v) is 9.19. The maximum absolute atomic E-state index is 13.1. The predicted molar refractivity (Wildman–Crippen MR) is 113 cm³/mol. The number of aromatic nitrogens is 2. The largest absolute Gasteiger partial charge is 0.497 e. The van der Waals surface area contributed by atoms with Gasteiger partial charge in [-0.1, -0.05) is 36.4 Å². The lowest BCUT2D eigenvalue weighted by Crippen LogP contribution is -2.15. The molecule has 0 atom stereocenters. The highest BCUT2D eigenvalue weighted by molar-refractivity contribution is 6.07. The van der Waals surface area contributed by atoms with Crippen LogP contribution in [0.15, 0.2) is 66.9 Å². The van der Waals surface area contributed by atoms with Crippen LogP contribution in [0.25, 0.3) is 16.9 Å². The summed E-state index contributed by atoms with van der Waals surface area (Å²) in [4.78, 5) is 17.9. The molecule has 6 heteroatoms. The Hall–Kier alpha value is -3.80. The Bertz CT molecular complexity index is 1180. The predicted octanol–water partition coefficient (Wildman–Crippen LogP) is 4.58. The van der Waals surface area contributed by atoms with Gasteiger partial charge in [0.25, 0.3) is 5.91 Å².